The van der Waals surface area contributed by atoms with E-state index in [1.165, 1.54) is 12.1 Å². The maximum absolute atomic E-state index is 17.3. The standard InChI is InChI=1S/C25H26ClFN4O3S/c1-3-31(4-2)15-23-29-24(34-30-23)25(27,35(32,33)18-8-6-5-7-9-18)16-12-19-20-14-17(26)10-11-21(20)28-22(19)13-16/h5-11,14,16,28H,3-4,12-13,15H2,1-2H3. The van der Waals surface area contributed by atoms with Crippen molar-refractivity contribution in [3.05, 3.63) is 76.5 Å². The van der Waals surface area contributed by atoms with E-state index in [0.717, 1.165) is 35.2 Å². The van der Waals surface area contributed by atoms with Crippen LogP contribution in [0.3, 0.4) is 0 Å². The molecule has 0 saturated heterocycles. The number of rotatable bonds is 8. The SMILES string of the molecule is CCN(CC)Cc1noc(C(F)(C2Cc3[nH]c4ccc(Cl)cc4c3C2)S(=O)(=O)c2ccccc2)n1. The molecule has 35 heavy (non-hydrogen) atoms. The van der Waals surface area contributed by atoms with Gasteiger partial charge in [-0.3, -0.25) is 4.90 Å². The first-order chi connectivity index (χ1) is 16.8. The number of aromatic amines is 1. The molecule has 10 heteroatoms. The molecule has 2 unspecified atom stereocenters. The number of H-pyrrole nitrogens is 1. The Balaban J connectivity index is 1.59. The molecular weight excluding hydrogens is 491 g/mol. The Bertz CT molecular complexity index is 1470. The second-order valence-corrected chi connectivity index (χ2v) is 11.3. The van der Waals surface area contributed by atoms with Crippen molar-refractivity contribution in [3.63, 3.8) is 0 Å². The van der Waals surface area contributed by atoms with Gasteiger partial charge in [-0.15, -0.1) is 0 Å². The summed E-state index contributed by atoms with van der Waals surface area (Å²) < 4.78 is 50.3. The van der Waals surface area contributed by atoms with E-state index in [9.17, 15) is 8.42 Å². The van der Waals surface area contributed by atoms with Gasteiger partial charge in [-0.25, -0.2) is 12.8 Å². The average Bonchev–Trinajstić information content (AvgIpc) is 3.58. The molecule has 2 aromatic heterocycles. The van der Waals surface area contributed by atoms with Crippen molar-refractivity contribution < 1.29 is 17.3 Å². The first kappa shape index (κ1) is 24.0. The number of nitrogens with zero attached hydrogens (tertiary/aromatic N) is 3. The van der Waals surface area contributed by atoms with Crippen molar-refractivity contribution in [1.82, 2.24) is 20.0 Å². The van der Waals surface area contributed by atoms with Crippen molar-refractivity contribution >= 4 is 32.3 Å². The second-order valence-electron chi connectivity index (χ2n) is 8.82. The number of hydrogen-bond acceptors (Lipinski definition) is 6. The fourth-order valence-electron chi connectivity index (χ4n) is 4.89. The normalized spacial score (nSPS) is 17.7. The van der Waals surface area contributed by atoms with Gasteiger partial charge in [0.25, 0.3) is 10.9 Å². The quantitative estimate of drug-likeness (QED) is 0.352. The first-order valence-corrected chi connectivity index (χ1v) is 13.5. The van der Waals surface area contributed by atoms with Gasteiger partial charge in [-0.1, -0.05) is 48.8 Å². The Kier molecular flexibility index (Phi) is 6.19. The number of aromatic nitrogens is 3. The lowest BCUT2D eigenvalue weighted by molar-refractivity contribution is 0.128. The fourth-order valence-corrected chi connectivity index (χ4v) is 6.84. The lowest BCUT2D eigenvalue weighted by Crippen LogP contribution is -2.40. The number of benzene rings is 2. The molecule has 7 nitrogen and oxygen atoms in total. The minimum atomic E-state index is -4.54. The van der Waals surface area contributed by atoms with Crippen molar-refractivity contribution in [2.45, 2.75) is 43.1 Å². The molecule has 1 aliphatic rings. The van der Waals surface area contributed by atoms with E-state index in [4.69, 9.17) is 16.1 Å². The molecule has 0 bridgehead atoms. The lowest BCUT2D eigenvalue weighted by atomic mass is 9.98. The average molecular weight is 517 g/mol. The summed E-state index contributed by atoms with van der Waals surface area (Å²) in [6.07, 6.45) is 0.365. The van der Waals surface area contributed by atoms with Crippen molar-refractivity contribution in [1.29, 1.82) is 0 Å². The second kappa shape index (κ2) is 9.04. The highest BCUT2D eigenvalue weighted by atomic mass is 35.5. The zero-order valence-corrected chi connectivity index (χ0v) is 21.0. The maximum Gasteiger partial charge on any atom is 0.295 e. The largest absolute Gasteiger partial charge is 0.358 e. The Morgan fingerprint density at radius 1 is 1.17 bits per heavy atom. The van der Waals surface area contributed by atoms with Gasteiger partial charge in [0, 0.05) is 27.5 Å². The van der Waals surface area contributed by atoms with Gasteiger partial charge in [0.2, 0.25) is 9.84 Å². The summed E-state index contributed by atoms with van der Waals surface area (Å²) in [5, 5.41) is 2.45. The number of sulfone groups is 1. The molecule has 2 aromatic carbocycles. The summed E-state index contributed by atoms with van der Waals surface area (Å²) in [5.41, 5.74) is 2.54. The minimum absolute atomic E-state index is 0.130. The van der Waals surface area contributed by atoms with Crippen LogP contribution in [-0.4, -0.2) is 41.5 Å². The van der Waals surface area contributed by atoms with Crippen LogP contribution in [0.2, 0.25) is 5.02 Å². The van der Waals surface area contributed by atoms with Crippen LogP contribution in [0.4, 0.5) is 4.39 Å². The van der Waals surface area contributed by atoms with Gasteiger partial charge in [0.15, 0.2) is 5.82 Å². The van der Waals surface area contributed by atoms with Crippen LogP contribution in [-0.2, 0) is 34.2 Å². The third kappa shape index (κ3) is 3.95. The van der Waals surface area contributed by atoms with Crippen LogP contribution in [0.15, 0.2) is 57.9 Å². The van der Waals surface area contributed by atoms with Crippen LogP contribution in [0.1, 0.15) is 36.8 Å². The van der Waals surface area contributed by atoms with Crippen LogP contribution in [0.25, 0.3) is 10.9 Å². The molecule has 0 aliphatic heterocycles. The third-order valence-electron chi connectivity index (χ3n) is 6.85. The molecule has 0 saturated carbocycles. The van der Waals surface area contributed by atoms with E-state index >= 15 is 4.39 Å². The smallest absolute Gasteiger partial charge is 0.295 e. The Labute approximate surface area is 208 Å². The summed E-state index contributed by atoms with van der Waals surface area (Å²) in [6.45, 7) is 5.82. The molecule has 4 aromatic rings. The monoisotopic (exact) mass is 516 g/mol. The third-order valence-corrected chi connectivity index (χ3v) is 9.26. The van der Waals surface area contributed by atoms with E-state index < -0.39 is 26.6 Å². The number of nitrogens with one attached hydrogen (secondary N) is 1. The molecular formula is C25H26ClFN4O3S. The van der Waals surface area contributed by atoms with Gasteiger partial charge in [0.05, 0.1) is 11.4 Å². The first-order valence-electron chi connectivity index (χ1n) is 11.6. The summed E-state index contributed by atoms with van der Waals surface area (Å²) in [4.78, 5) is 9.48. The Morgan fingerprint density at radius 3 is 2.63 bits per heavy atom. The van der Waals surface area contributed by atoms with Gasteiger partial charge in [0.1, 0.15) is 0 Å². The molecule has 1 N–H and O–H groups in total. The highest BCUT2D eigenvalue weighted by Gasteiger charge is 2.59. The summed E-state index contributed by atoms with van der Waals surface area (Å²) in [7, 11) is -4.54. The molecule has 0 fully saturated rings. The van der Waals surface area contributed by atoms with Crippen LogP contribution < -0.4 is 0 Å². The lowest BCUT2D eigenvalue weighted by Gasteiger charge is -2.27. The molecule has 0 spiro atoms. The Hall–Kier alpha value is -2.75. The Morgan fingerprint density at radius 2 is 1.91 bits per heavy atom. The zero-order chi connectivity index (χ0) is 24.8. The predicted molar refractivity (Wildman–Crippen MR) is 132 cm³/mol. The predicted octanol–water partition coefficient (Wildman–Crippen LogP) is 5.06. The van der Waals surface area contributed by atoms with E-state index in [1.54, 1.807) is 24.3 Å². The zero-order valence-electron chi connectivity index (χ0n) is 19.5. The highest BCUT2D eigenvalue weighted by molar-refractivity contribution is 7.92. The van der Waals surface area contributed by atoms with E-state index in [2.05, 4.69) is 15.1 Å². The summed E-state index contributed by atoms with van der Waals surface area (Å²) in [5.74, 6) is -1.23. The summed E-state index contributed by atoms with van der Waals surface area (Å²) in [6, 6.07) is 13.1. The molecule has 2 heterocycles. The molecule has 0 amide bonds. The van der Waals surface area contributed by atoms with Crippen molar-refractivity contribution in [2.75, 3.05) is 13.1 Å². The van der Waals surface area contributed by atoms with Gasteiger partial charge in [-0.2, -0.15) is 4.98 Å². The summed E-state index contributed by atoms with van der Waals surface area (Å²) >= 11 is 6.20. The maximum atomic E-state index is 17.3. The molecule has 2 atom stereocenters. The van der Waals surface area contributed by atoms with Gasteiger partial charge in [-0.05, 0) is 61.8 Å². The van der Waals surface area contributed by atoms with E-state index in [-0.39, 0.29) is 23.6 Å². The van der Waals surface area contributed by atoms with Crippen LogP contribution in [0.5, 0.6) is 0 Å². The molecule has 0 radical (unpaired) electrons. The minimum Gasteiger partial charge on any atom is -0.358 e. The van der Waals surface area contributed by atoms with Crippen LogP contribution in [0, 0.1) is 5.92 Å². The molecule has 1 aliphatic carbocycles. The molecule has 184 valence electrons. The van der Waals surface area contributed by atoms with E-state index in [0.29, 0.717) is 11.6 Å². The van der Waals surface area contributed by atoms with E-state index in [1.807, 2.05) is 30.9 Å². The van der Waals surface area contributed by atoms with Crippen LogP contribution >= 0.6 is 11.6 Å². The van der Waals surface area contributed by atoms with Gasteiger partial charge < -0.3 is 9.51 Å². The number of fused-ring (bicyclic) bond motifs is 3. The van der Waals surface area contributed by atoms with Crippen molar-refractivity contribution in [3.8, 4) is 0 Å². The van der Waals surface area contributed by atoms with Gasteiger partial charge >= 0.3 is 0 Å². The number of alkyl halides is 1. The number of hydrogen-bond donors (Lipinski definition) is 1. The highest BCUT2D eigenvalue weighted by Crippen LogP contribution is 2.49. The topological polar surface area (TPSA) is 92.1 Å². The number of halogens is 2. The van der Waals surface area contributed by atoms with Crippen molar-refractivity contribution in [2.24, 2.45) is 5.92 Å². The fraction of sp³-hybridized carbons (Fsp3) is 0.360. The molecule has 5 rings (SSSR count).